The van der Waals surface area contributed by atoms with Crippen LogP contribution in [0, 0.1) is 0 Å². The molecule has 4 rings (SSSR count). The first-order valence-electron chi connectivity index (χ1n) is 11.6. The van der Waals surface area contributed by atoms with Crippen LogP contribution in [0.2, 0.25) is 0 Å². The van der Waals surface area contributed by atoms with Crippen molar-refractivity contribution in [2.45, 2.75) is 51.2 Å². The molecule has 0 saturated carbocycles. The summed E-state index contributed by atoms with van der Waals surface area (Å²) in [4.78, 5) is 39.0. The number of amides is 1. The lowest BCUT2D eigenvalue weighted by molar-refractivity contribution is -0.128. The lowest BCUT2D eigenvalue weighted by Gasteiger charge is -2.20. The predicted molar refractivity (Wildman–Crippen MR) is 130 cm³/mol. The summed E-state index contributed by atoms with van der Waals surface area (Å²) in [7, 11) is 0. The third-order valence-electron chi connectivity index (χ3n) is 6.06. The quantitative estimate of drug-likeness (QED) is 0.454. The number of aromatic amines is 1. The number of nitrogens with one attached hydrogen (secondary N) is 2. The van der Waals surface area contributed by atoms with Crippen LogP contribution in [-0.4, -0.2) is 45.4 Å². The second-order valence-corrected chi connectivity index (χ2v) is 8.47. The molecular formula is C26H29N3O6. The second kappa shape index (κ2) is 10.7. The Bertz CT molecular complexity index is 1290. The Kier molecular flexibility index (Phi) is 7.48. The van der Waals surface area contributed by atoms with E-state index in [-0.39, 0.29) is 18.9 Å². The number of H-pyrrole nitrogens is 1. The molecule has 9 nitrogen and oxygen atoms in total. The van der Waals surface area contributed by atoms with Crippen molar-refractivity contribution in [3.05, 3.63) is 87.2 Å². The zero-order valence-electron chi connectivity index (χ0n) is 19.6. The summed E-state index contributed by atoms with van der Waals surface area (Å²) in [5.74, 6) is 0.226. The molecule has 1 aliphatic heterocycles. The number of aromatic nitrogens is 2. The molecule has 2 heterocycles. The third kappa shape index (κ3) is 5.52. The van der Waals surface area contributed by atoms with Gasteiger partial charge in [-0.3, -0.25) is 19.1 Å². The van der Waals surface area contributed by atoms with Gasteiger partial charge in [0, 0.05) is 30.3 Å². The van der Waals surface area contributed by atoms with Gasteiger partial charge in [-0.05, 0) is 25.0 Å². The first kappa shape index (κ1) is 24.4. The smallest absolute Gasteiger partial charge is 0.330 e. The average molecular weight is 480 g/mol. The van der Waals surface area contributed by atoms with E-state index in [1.54, 1.807) is 6.92 Å². The molecule has 3 aromatic rings. The van der Waals surface area contributed by atoms with Crippen LogP contribution in [0.4, 0.5) is 0 Å². The van der Waals surface area contributed by atoms with E-state index in [4.69, 9.17) is 9.47 Å². The van der Waals surface area contributed by atoms with E-state index < -0.39 is 35.8 Å². The van der Waals surface area contributed by atoms with Gasteiger partial charge in [-0.25, -0.2) is 4.79 Å². The summed E-state index contributed by atoms with van der Waals surface area (Å²) < 4.78 is 13.1. The van der Waals surface area contributed by atoms with Crippen LogP contribution in [0.3, 0.4) is 0 Å². The van der Waals surface area contributed by atoms with E-state index in [2.05, 4.69) is 10.3 Å². The van der Waals surface area contributed by atoms with Gasteiger partial charge in [0.05, 0.1) is 6.10 Å². The molecule has 0 radical (unpaired) electrons. The summed E-state index contributed by atoms with van der Waals surface area (Å²) in [6.45, 7) is 3.50. The number of para-hydroxylation sites is 1. The highest BCUT2D eigenvalue weighted by molar-refractivity contribution is 5.81. The van der Waals surface area contributed by atoms with Crippen molar-refractivity contribution < 1.29 is 19.4 Å². The van der Waals surface area contributed by atoms with Crippen LogP contribution in [-0.2, 0) is 16.0 Å². The fourth-order valence-corrected chi connectivity index (χ4v) is 4.08. The van der Waals surface area contributed by atoms with Crippen molar-refractivity contribution in [3.63, 3.8) is 0 Å². The molecule has 1 amide bonds. The number of hydrogen-bond acceptors (Lipinski definition) is 6. The minimum absolute atomic E-state index is 0.0449. The summed E-state index contributed by atoms with van der Waals surface area (Å²) in [6.07, 6.45) is -1.06. The number of nitrogens with zero attached hydrogens (tertiary/aromatic N) is 1. The molecule has 2 aromatic carbocycles. The van der Waals surface area contributed by atoms with Crippen molar-refractivity contribution in [1.82, 2.24) is 14.9 Å². The van der Waals surface area contributed by atoms with Gasteiger partial charge in [-0.1, -0.05) is 55.5 Å². The zero-order chi connectivity index (χ0) is 24.9. The molecule has 0 aliphatic carbocycles. The maximum Gasteiger partial charge on any atom is 0.330 e. The molecule has 9 heteroatoms. The minimum atomic E-state index is -0.890. The van der Waals surface area contributed by atoms with Crippen LogP contribution < -0.4 is 21.3 Å². The monoisotopic (exact) mass is 479 g/mol. The zero-order valence-corrected chi connectivity index (χ0v) is 19.6. The molecule has 1 unspecified atom stereocenters. The van der Waals surface area contributed by atoms with Gasteiger partial charge in [0.25, 0.3) is 11.5 Å². The normalized spacial score (nSPS) is 20.4. The number of rotatable bonds is 8. The molecule has 3 N–H and O–H groups in total. The number of carbonyl (C=O) groups excluding carboxylic acids is 1. The van der Waals surface area contributed by atoms with Gasteiger partial charge in [0.2, 0.25) is 0 Å². The Balaban J connectivity index is 1.37. The van der Waals surface area contributed by atoms with Gasteiger partial charge in [0.15, 0.2) is 6.10 Å². The number of ether oxygens (including phenoxy) is 2. The van der Waals surface area contributed by atoms with E-state index in [0.717, 1.165) is 11.1 Å². The highest BCUT2D eigenvalue weighted by atomic mass is 16.5. The molecular weight excluding hydrogens is 450 g/mol. The summed E-state index contributed by atoms with van der Waals surface area (Å²) in [6, 6.07) is 17.2. The molecule has 184 valence electrons. The predicted octanol–water partition coefficient (Wildman–Crippen LogP) is 2.00. The maximum atomic E-state index is 12.7. The van der Waals surface area contributed by atoms with E-state index in [9.17, 15) is 19.5 Å². The van der Waals surface area contributed by atoms with Crippen molar-refractivity contribution in [2.24, 2.45) is 0 Å². The fraction of sp³-hybridized carbons (Fsp3) is 0.346. The van der Waals surface area contributed by atoms with Crippen molar-refractivity contribution in [1.29, 1.82) is 0 Å². The number of aryl methyl sites for hydroxylation is 1. The summed E-state index contributed by atoms with van der Waals surface area (Å²) in [5, 5.41) is 13.2. The Morgan fingerprint density at radius 3 is 2.66 bits per heavy atom. The van der Waals surface area contributed by atoms with Gasteiger partial charge >= 0.3 is 5.69 Å². The molecule has 1 saturated heterocycles. The van der Waals surface area contributed by atoms with Gasteiger partial charge in [0.1, 0.15) is 18.1 Å². The number of hydrogen-bond donors (Lipinski definition) is 3. The second-order valence-electron chi connectivity index (χ2n) is 8.47. The first-order chi connectivity index (χ1) is 16.9. The largest absolute Gasteiger partial charge is 0.480 e. The Morgan fingerprint density at radius 2 is 1.91 bits per heavy atom. The molecule has 0 spiro atoms. The van der Waals surface area contributed by atoms with Crippen molar-refractivity contribution in [2.75, 3.05) is 6.54 Å². The lowest BCUT2D eigenvalue weighted by Crippen LogP contribution is -2.42. The Labute approximate surface area is 202 Å². The molecule has 1 aliphatic rings. The maximum absolute atomic E-state index is 12.7. The molecule has 1 fully saturated rings. The van der Waals surface area contributed by atoms with Crippen LogP contribution in [0.1, 0.15) is 32.1 Å². The number of benzene rings is 2. The van der Waals surface area contributed by atoms with E-state index in [1.165, 1.54) is 10.8 Å². The first-order valence-corrected chi connectivity index (χ1v) is 11.6. The van der Waals surface area contributed by atoms with Crippen molar-refractivity contribution in [3.8, 4) is 16.9 Å². The van der Waals surface area contributed by atoms with E-state index >= 15 is 0 Å². The number of aliphatic hydroxyl groups is 1. The van der Waals surface area contributed by atoms with E-state index in [0.29, 0.717) is 17.7 Å². The van der Waals surface area contributed by atoms with Crippen LogP contribution in [0.5, 0.6) is 5.75 Å². The summed E-state index contributed by atoms with van der Waals surface area (Å²) in [5.41, 5.74) is 1.27. The highest BCUT2D eigenvalue weighted by Crippen LogP contribution is 2.30. The van der Waals surface area contributed by atoms with E-state index in [1.807, 2.05) is 61.5 Å². The average Bonchev–Trinajstić information content (AvgIpc) is 3.23. The van der Waals surface area contributed by atoms with Crippen LogP contribution >= 0.6 is 0 Å². The standard InChI is InChI=1S/C26H29N3O6/c1-3-17-15-29(26(33)28-25(17)32)23-13-20(30)22(35-23)14-27-24(31)16(2)34-21-12-8-7-11-19(21)18-9-5-4-6-10-18/h4-12,15-16,20,22-23,30H,3,13-14H2,1-2H3,(H,27,31)(H,28,32,33)/t16?,20-,22+,23+/m0/s1. The van der Waals surface area contributed by atoms with Gasteiger partial charge in [-0.15, -0.1) is 0 Å². The lowest BCUT2D eigenvalue weighted by atomic mass is 10.0. The van der Waals surface area contributed by atoms with Crippen LogP contribution in [0.15, 0.2) is 70.4 Å². The van der Waals surface area contributed by atoms with Crippen LogP contribution in [0.25, 0.3) is 11.1 Å². The Hall–Kier alpha value is -3.69. The van der Waals surface area contributed by atoms with Gasteiger partial charge < -0.3 is 19.9 Å². The van der Waals surface area contributed by atoms with Gasteiger partial charge in [-0.2, -0.15) is 0 Å². The number of aliphatic hydroxyl groups excluding tert-OH is 1. The molecule has 4 atom stereocenters. The Morgan fingerprint density at radius 1 is 1.20 bits per heavy atom. The highest BCUT2D eigenvalue weighted by Gasteiger charge is 2.36. The molecule has 35 heavy (non-hydrogen) atoms. The summed E-state index contributed by atoms with van der Waals surface area (Å²) >= 11 is 0. The molecule has 0 bridgehead atoms. The minimum Gasteiger partial charge on any atom is -0.480 e. The third-order valence-corrected chi connectivity index (χ3v) is 6.06. The molecule has 1 aromatic heterocycles. The van der Waals surface area contributed by atoms with Crippen molar-refractivity contribution >= 4 is 5.91 Å². The fourth-order valence-electron chi connectivity index (χ4n) is 4.08. The SMILES string of the molecule is CCc1cn([C@H]2C[C@H](O)[C@@H](CNC(=O)C(C)Oc3ccccc3-c3ccccc3)O2)c(=O)[nH]c1=O. The topological polar surface area (TPSA) is 123 Å². The number of carbonyl (C=O) groups is 1.